The van der Waals surface area contributed by atoms with Gasteiger partial charge in [0.2, 0.25) is 0 Å². The van der Waals surface area contributed by atoms with Gasteiger partial charge in [-0.3, -0.25) is 4.68 Å². The van der Waals surface area contributed by atoms with Gasteiger partial charge in [0.05, 0.1) is 17.4 Å². The molecule has 0 aromatic carbocycles. The Morgan fingerprint density at radius 2 is 2.11 bits per heavy atom. The van der Waals surface area contributed by atoms with Gasteiger partial charge in [-0.1, -0.05) is 49.6 Å². The number of aromatic nitrogens is 2. The predicted molar refractivity (Wildman–Crippen MR) is 106 cm³/mol. The number of allylic oxidation sites excluding steroid dienone is 3. The molecule has 0 N–H and O–H groups in total. The van der Waals surface area contributed by atoms with Gasteiger partial charge < -0.3 is 4.84 Å². The van der Waals surface area contributed by atoms with Crippen LogP contribution >= 0.6 is 0 Å². The van der Waals surface area contributed by atoms with E-state index >= 15 is 0 Å². The SMILES string of the molecule is CS(=O)(=O)C1(c2cc(/C=C/CO[N+](=O)[O-])nn2C2CCCCC2)C=CC=CC1. The zero-order chi connectivity index (χ0) is 20.2. The molecule has 1 aromatic rings. The molecule has 8 nitrogen and oxygen atoms in total. The quantitative estimate of drug-likeness (QED) is 0.507. The fourth-order valence-electron chi connectivity index (χ4n) is 3.94. The van der Waals surface area contributed by atoms with Crippen molar-refractivity contribution in [1.29, 1.82) is 0 Å². The lowest BCUT2D eigenvalue weighted by Crippen LogP contribution is -2.37. The number of sulfone groups is 1. The summed E-state index contributed by atoms with van der Waals surface area (Å²) in [5.74, 6) is 0. The van der Waals surface area contributed by atoms with Crippen LogP contribution in [0.4, 0.5) is 0 Å². The molecule has 9 heteroatoms. The lowest BCUT2D eigenvalue weighted by molar-refractivity contribution is -0.755. The van der Waals surface area contributed by atoms with E-state index in [1.54, 1.807) is 24.3 Å². The first-order chi connectivity index (χ1) is 13.3. The van der Waals surface area contributed by atoms with Crippen LogP contribution in [0.15, 0.2) is 36.4 Å². The van der Waals surface area contributed by atoms with Gasteiger partial charge in [-0.05, 0) is 31.4 Å². The molecule has 1 saturated carbocycles. The Kier molecular flexibility index (Phi) is 6.02. The number of nitrogens with zero attached hydrogens (tertiary/aromatic N) is 3. The van der Waals surface area contributed by atoms with Crippen molar-refractivity contribution in [2.45, 2.75) is 49.3 Å². The molecule has 2 aliphatic carbocycles. The highest BCUT2D eigenvalue weighted by molar-refractivity contribution is 7.91. The molecule has 28 heavy (non-hydrogen) atoms. The summed E-state index contributed by atoms with van der Waals surface area (Å²) in [7, 11) is -3.46. The molecular weight excluding hydrogens is 382 g/mol. The molecule has 0 aliphatic heterocycles. The maximum Gasteiger partial charge on any atom is 0.294 e. The molecule has 1 heterocycles. The molecule has 152 valence electrons. The second-order valence-corrected chi connectivity index (χ2v) is 9.54. The smallest absolute Gasteiger partial charge is 0.294 e. The molecule has 3 rings (SSSR count). The topological polar surface area (TPSA) is 104 Å². The van der Waals surface area contributed by atoms with Crippen molar-refractivity contribution < 1.29 is 18.3 Å². The number of hydrogen-bond donors (Lipinski definition) is 0. The Morgan fingerprint density at radius 3 is 2.71 bits per heavy atom. The van der Waals surface area contributed by atoms with Crippen molar-refractivity contribution in [2.24, 2.45) is 0 Å². The standard InChI is InChI=1S/C19H25N3O5S/c1-28(25,26)19(12-6-3-7-13-19)18-15-16(9-8-14-27-22(23)24)20-21(18)17-10-4-2-5-11-17/h3,6-9,12,15,17H,2,4-5,10-11,13-14H2,1H3/b9-8+. The summed E-state index contributed by atoms with van der Waals surface area (Å²) < 4.78 is 26.4. The van der Waals surface area contributed by atoms with Crippen LogP contribution in [0.5, 0.6) is 0 Å². The van der Waals surface area contributed by atoms with Crippen LogP contribution in [0.2, 0.25) is 0 Å². The van der Waals surface area contributed by atoms with Crippen LogP contribution in [0.3, 0.4) is 0 Å². The molecular formula is C19H25N3O5S. The van der Waals surface area contributed by atoms with Crippen LogP contribution in [0.25, 0.3) is 6.08 Å². The maximum absolute atomic E-state index is 12.8. The Morgan fingerprint density at radius 1 is 1.36 bits per heavy atom. The first kappa shape index (κ1) is 20.3. The summed E-state index contributed by atoms with van der Waals surface area (Å²) in [4.78, 5) is 14.6. The van der Waals surface area contributed by atoms with E-state index in [1.807, 2.05) is 16.8 Å². The Hall–Kier alpha value is -2.42. The largest absolute Gasteiger partial charge is 0.310 e. The molecule has 0 saturated heterocycles. The fourth-order valence-corrected chi connectivity index (χ4v) is 5.20. The van der Waals surface area contributed by atoms with E-state index in [0.29, 0.717) is 17.8 Å². The van der Waals surface area contributed by atoms with Crippen LogP contribution in [0, 0.1) is 10.1 Å². The molecule has 1 unspecified atom stereocenters. The van der Waals surface area contributed by atoms with Gasteiger partial charge in [-0.2, -0.15) is 5.10 Å². The van der Waals surface area contributed by atoms with E-state index < -0.39 is 19.7 Å². The summed E-state index contributed by atoms with van der Waals surface area (Å²) in [5.41, 5.74) is 1.22. The van der Waals surface area contributed by atoms with Crippen LogP contribution in [-0.4, -0.2) is 36.1 Å². The van der Waals surface area contributed by atoms with E-state index in [4.69, 9.17) is 0 Å². The van der Waals surface area contributed by atoms with Gasteiger partial charge in [0.15, 0.2) is 9.84 Å². The zero-order valence-electron chi connectivity index (χ0n) is 15.9. The van der Waals surface area contributed by atoms with Gasteiger partial charge in [0.25, 0.3) is 5.09 Å². The van der Waals surface area contributed by atoms with Gasteiger partial charge in [0, 0.05) is 6.26 Å². The Balaban J connectivity index is 2.03. The highest BCUT2D eigenvalue weighted by atomic mass is 32.2. The van der Waals surface area contributed by atoms with Gasteiger partial charge in [-0.15, -0.1) is 10.1 Å². The third kappa shape index (κ3) is 4.19. The monoisotopic (exact) mass is 407 g/mol. The summed E-state index contributed by atoms with van der Waals surface area (Å²) in [6, 6.07) is 1.93. The third-order valence-electron chi connectivity index (χ3n) is 5.37. The predicted octanol–water partition coefficient (Wildman–Crippen LogP) is 3.37. The van der Waals surface area contributed by atoms with Crippen molar-refractivity contribution in [3.05, 3.63) is 57.9 Å². The van der Waals surface area contributed by atoms with E-state index in [9.17, 15) is 18.5 Å². The second kappa shape index (κ2) is 8.30. The minimum Gasteiger partial charge on any atom is -0.310 e. The molecule has 0 spiro atoms. The van der Waals surface area contributed by atoms with E-state index in [-0.39, 0.29) is 12.6 Å². The fraction of sp³-hybridized carbons (Fsp3) is 0.526. The lowest BCUT2D eigenvalue weighted by Gasteiger charge is -2.33. The molecule has 2 aliphatic rings. The summed E-state index contributed by atoms with van der Waals surface area (Å²) in [5, 5.41) is 14.1. The van der Waals surface area contributed by atoms with Crippen molar-refractivity contribution in [3.8, 4) is 0 Å². The second-order valence-electron chi connectivity index (χ2n) is 7.27. The maximum atomic E-state index is 12.8. The number of hydrogen-bond acceptors (Lipinski definition) is 6. The molecule has 0 radical (unpaired) electrons. The zero-order valence-corrected chi connectivity index (χ0v) is 16.7. The molecule has 1 atom stereocenters. The van der Waals surface area contributed by atoms with Gasteiger partial charge in [0.1, 0.15) is 11.4 Å². The minimum absolute atomic E-state index is 0.152. The van der Waals surface area contributed by atoms with Crippen molar-refractivity contribution in [1.82, 2.24) is 9.78 Å². The average molecular weight is 407 g/mol. The molecule has 0 amide bonds. The first-order valence-corrected chi connectivity index (χ1v) is 11.3. The molecule has 1 fully saturated rings. The van der Waals surface area contributed by atoms with Crippen LogP contribution in [-0.2, 0) is 19.4 Å². The Bertz CT molecular complexity index is 910. The Labute approximate surface area is 164 Å². The van der Waals surface area contributed by atoms with Crippen LogP contribution < -0.4 is 0 Å². The van der Waals surface area contributed by atoms with Gasteiger partial charge >= 0.3 is 0 Å². The average Bonchev–Trinajstić information content (AvgIpc) is 3.10. The lowest BCUT2D eigenvalue weighted by atomic mass is 9.92. The summed E-state index contributed by atoms with van der Waals surface area (Å²) in [6.45, 7) is -0.182. The van der Waals surface area contributed by atoms with E-state index in [1.165, 1.54) is 18.8 Å². The van der Waals surface area contributed by atoms with E-state index in [0.717, 1.165) is 25.7 Å². The normalized spacial score (nSPS) is 23.3. The van der Waals surface area contributed by atoms with Crippen molar-refractivity contribution in [2.75, 3.05) is 12.9 Å². The van der Waals surface area contributed by atoms with E-state index in [2.05, 4.69) is 9.94 Å². The highest BCUT2D eigenvalue weighted by Gasteiger charge is 2.44. The molecule has 0 bridgehead atoms. The molecule has 1 aromatic heterocycles. The summed E-state index contributed by atoms with van der Waals surface area (Å²) >= 11 is 0. The van der Waals surface area contributed by atoms with Crippen LogP contribution in [0.1, 0.15) is 56.0 Å². The highest BCUT2D eigenvalue weighted by Crippen LogP contribution is 2.41. The summed E-state index contributed by atoms with van der Waals surface area (Å²) in [6.07, 6.45) is 17.2. The van der Waals surface area contributed by atoms with Crippen molar-refractivity contribution >= 4 is 15.9 Å². The number of rotatable bonds is 7. The third-order valence-corrected chi connectivity index (χ3v) is 7.20. The van der Waals surface area contributed by atoms with Gasteiger partial charge in [-0.25, -0.2) is 8.42 Å². The minimum atomic E-state index is -3.46. The van der Waals surface area contributed by atoms with Crippen molar-refractivity contribution in [3.63, 3.8) is 0 Å². The first-order valence-electron chi connectivity index (χ1n) is 9.41.